The molecule has 1 heterocycles. The third-order valence-corrected chi connectivity index (χ3v) is 5.33. The topological polar surface area (TPSA) is 70.2 Å². The van der Waals surface area contributed by atoms with E-state index < -0.39 is 5.92 Å². The number of fused-ring (bicyclic) bond motifs is 2. The number of aromatic amines is 1. The summed E-state index contributed by atoms with van der Waals surface area (Å²) >= 11 is 0. The quantitative estimate of drug-likeness (QED) is 0.581. The fourth-order valence-corrected chi connectivity index (χ4v) is 4.01. The summed E-state index contributed by atoms with van der Waals surface area (Å²) in [6.45, 7) is 1.38. The lowest BCUT2D eigenvalue weighted by molar-refractivity contribution is -0.00185. The van der Waals surface area contributed by atoms with E-state index in [1.807, 2.05) is 38.2 Å². The lowest BCUT2D eigenvalue weighted by Gasteiger charge is -2.14. The Kier molecular flexibility index (Phi) is 7.02. The number of ether oxygens (including phenoxy) is 1. The number of aromatic nitrogens is 2. The fourth-order valence-electron chi connectivity index (χ4n) is 4.01. The number of carbonyl (C=O) groups is 1. The van der Waals surface area contributed by atoms with Crippen molar-refractivity contribution in [1.29, 1.82) is 0 Å². The maximum Gasteiger partial charge on any atom is 0.273 e. The van der Waals surface area contributed by atoms with Gasteiger partial charge in [-0.1, -0.05) is 18.2 Å². The van der Waals surface area contributed by atoms with Gasteiger partial charge in [0.2, 0.25) is 0 Å². The zero-order valence-corrected chi connectivity index (χ0v) is 18.3. The van der Waals surface area contributed by atoms with E-state index in [-0.39, 0.29) is 12.0 Å². The van der Waals surface area contributed by atoms with Crippen molar-refractivity contribution in [3.05, 3.63) is 58.3 Å². The van der Waals surface area contributed by atoms with Gasteiger partial charge in [-0.15, -0.1) is 0 Å². The van der Waals surface area contributed by atoms with E-state index in [4.69, 9.17) is 4.74 Å². The van der Waals surface area contributed by atoms with E-state index in [1.165, 1.54) is 0 Å². The Hall–Kier alpha value is -2.84. The summed E-state index contributed by atoms with van der Waals surface area (Å²) in [6, 6.07) is 7.01. The summed E-state index contributed by atoms with van der Waals surface area (Å²) in [5.41, 5.74) is 4.38. The molecule has 1 aliphatic rings. The van der Waals surface area contributed by atoms with Gasteiger partial charge in [-0.3, -0.25) is 9.89 Å². The zero-order valence-electron chi connectivity index (χ0n) is 18.3. The number of H-pyrrole nitrogens is 1. The van der Waals surface area contributed by atoms with Gasteiger partial charge in [-0.25, -0.2) is 8.78 Å². The molecule has 2 aromatic carbocycles. The molecule has 31 heavy (non-hydrogen) atoms. The number of alkyl halides is 2. The van der Waals surface area contributed by atoms with Crippen LogP contribution in [0.1, 0.15) is 39.0 Å². The molecule has 0 aliphatic heterocycles. The number of benzene rings is 2. The molecule has 0 unspecified atom stereocenters. The second-order valence-electron chi connectivity index (χ2n) is 7.85. The first kappa shape index (κ1) is 22.8. The molecule has 0 atom stereocenters. The first-order chi connectivity index (χ1) is 14.8. The fraction of sp³-hybridized carbons (Fsp3) is 0.391. The van der Waals surface area contributed by atoms with Gasteiger partial charge in [0.1, 0.15) is 5.75 Å². The summed E-state index contributed by atoms with van der Waals surface area (Å²) < 4.78 is 32.1. The van der Waals surface area contributed by atoms with Gasteiger partial charge < -0.3 is 15.0 Å². The molecule has 4 rings (SSSR count). The number of rotatable bonds is 6. The largest absolute Gasteiger partial charge is 0.496 e. The molecule has 0 radical (unpaired) electrons. The van der Waals surface area contributed by atoms with Crippen LogP contribution in [0.2, 0.25) is 0 Å². The van der Waals surface area contributed by atoms with Crippen molar-refractivity contribution in [1.82, 2.24) is 20.4 Å². The number of halogens is 2. The van der Waals surface area contributed by atoms with Gasteiger partial charge in [0.05, 0.1) is 24.2 Å². The van der Waals surface area contributed by atoms with Gasteiger partial charge >= 0.3 is 0 Å². The molecule has 0 bridgehead atoms. The molecule has 6 nitrogen and oxygen atoms in total. The molecule has 0 fully saturated rings. The first-order valence-corrected chi connectivity index (χ1v) is 10.1. The smallest absolute Gasteiger partial charge is 0.273 e. The van der Waals surface area contributed by atoms with Crippen LogP contribution in [0, 0.1) is 0 Å². The molecule has 8 heteroatoms. The number of carbonyl (C=O) groups excluding carboxylic acids is 1. The van der Waals surface area contributed by atoms with Crippen LogP contribution in [-0.2, 0) is 25.4 Å². The maximum absolute atomic E-state index is 13.3. The monoisotopic (exact) mass is 430 g/mol. The van der Waals surface area contributed by atoms with Crippen LogP contribution < -0.4 is 10.1 Å². The van der Waals surface area contributed by atoms with E-state index in [9.17, 15) is 13.6 Å². The lowest BCUT2D eigenvalue weighted by Crippen LogP contribution is -2.12. The van der Waals surface area contributed by atoms with Crippen molar-refractivity contribution in [2.45, 2.75) is 31.9 Å². The van der Waals surface area contributed by atoms with E-state index in [2.05, 4.69) is 15.5 Å². The van der Waals surface area contributed by atoms with Gasteiger partial charge in [0, 0.05) is 36.2 Å². The SMILES string of the molecule is CNCc1cccc2c1CCC2(F)F.COc1c(CN(C)C)cc(C=O)c2[nH]ncc12. The van der Waals surface area contributed by atoms with Crippen LogP contribution in [0.25, 0.3) is 10.9 Å². The van der Waals surface area contributed by atoms with Crippen LogP contribution >= 0.6 is 0 Å². The van der Waals surface area contributed by atoms with Crippen LogP contribution in [0.4, 0.5) is 8.78 Å². The number of nitrogens with one attached hydrogen (secondary N) is 2. The maximum atomic E-state index is 13.3. The summed E-state index contributed by atoms with van der Waals surface area (Å²) in [5.74, 6) is -1.84. The van der Waals surface area contributed by atoms with Crippen molar-refractivity contribution in [3.8, 4) is 5.75 Å². The number of hydrogen-bond acceptors (Lipinski definition) is 5. The third kappa shape index (κ3) is 4.75. The minimum atomic E-state index is -2.61. The summed E-state index contributed by atoms with van der Waals surface area (Å²) in [7, 11) is 7.40. The van der Waals surface area contributed by atoms with Crippen molar-refractivity contribution < 1.29 is 18.3 Å². The predicted molar refractivity (Wildman–Crippen MR) is 117 cm³/mol. The Bertz CT molecular complexity index is 1060. The van der Waals surface area contributed by atoms with Crippen LogP contribution in [-0.4, -0.2) is 49.6 Å². The Balaban J connectivity index is 0.000000179. The molecule has 0 saturated carbocycles. The zero-order chi connectivity index (χ0) is 22.6. The second kappa shape index (κ2) is 9.53. The highest BCUT2D eigenvalue weighted by molar-refractivity contribution is 5.99. The molecule has 2 N–H and O–H groups in total. The van der Waals surface area contributed by atoms with Gasteiger partial charge in [0.25, 0.3) is 5.92 Å². The molecule has 0 amide bonds. The molecule has 0 spiro atoms. The summed E-state index contributed by atoms with van der Waals surface area (Å²) in [5, 5.41) is 10.6. The molecule has 3 aromatic rings. The second-order valence-corrected chi connectivity index (χ2v) is 7.85. The van der Waals surface area contributed by atoms with E-state index in [1.54, 1.807) is 25.4 Å². The van der Waals surface area contributed by atoms with Crippen molar-refractivity contribution in [3.63, 3.8) is 0 Å². The minimum absolute atomic E-state index is 0.0386. The number of hydrogen-bond donors (Lipinski definition) is 2. The van der Waals surface area contributed by atoms with E-state index >= 15 is 0 Å². The Morgan fingerprint density at radius 1 is 1.32 bits per heavy atom. The number of aldehydes is 1. The van der Waals surface area contributed by atoms with Gasteiger partial charge in [-0.05, 0) is 44.8 Å². The Morgan fingerprint density at radius 2 is 2.10 bits per heavy atom. The average Bonchev–Trinajstić information content (AvgIpc) is 3.33. The van der Waals surface area contributed by atoms with Gasteiger partial charge in [0.15, 0.2) is 6.29 Å². The van der Waals surface area contributed by atoms with Crippen molar-refractivity contribution >= 4 is 17.2 Å². The van der Waals surface area contributed by atoms with E-state index in [0.717, 1.165) is 39.6 Å². The van der Waals surface area contributed by atoms with Gasteiger partial charge in [-0.2, -0.15) is 5.10 Å². The Labute approximate surface area is 180 Å². The summed E-state index contributed by atoms with van der Waals surface area (Å²) in [6.07, 6.45) is 2.97. The van der Waals surface area contributed by atoms with Crippen molar-refractivity contribution in [2.24, 2.45) is 0 Å². The number of methoxy groups -OCH3 is 1. The van der Waals surface area contributed by atoms with Crippen LogP contribution in [0.3, 0.4) is 0 Å². The molecular weight excluding hydrogens is 402 g/mol. The highest BCUT2D eigenvalue weighted by Gasteiger charge is 2.39. The third-order valence-electron chi connectivity index (χ3n) is 5.33. The molecular formula is C23H28F2N4O2. The van der Waals surface area contributed by atoms with Crippen molar-refractivity contribution in [2.75, 3.05) is 28.3 Å². The Morgan fingerprint density at radius 3 is 2.74 bits per heavy atom. The first-order valence-electron chi connectivity index (χ1n) is 10.1. The highest BCUT2D eigenvalue weighted by atomic mass is 19.3. The summed E-state index contributed by atoms with van der Waals surface area (Å²) in [4.78, 5) is 13.1. The standard InChI is InChI=1S/C12H15N3O2.C11H13F2N/c1-15(2)6-8-4-9(7-16)11-10(5-13-14-11)12(8)17-3;1-14-7-8-3-2-4-10-9(8)5-6-11(10,12)13/h4-5,7H,6H2,1-3H3,(H,13,14);2-4,14H,5-7H2,1H3. The molecule has 1 aromatic heterocycles. The highest BCUT2D eigenvalue weighted by Crippen LogP contribution is 2.42. The minimum Gasteiger partial charge on any atom is -0.496 e. The number of nitrogens with zero attached hydrogens (tertiary/aromatic N) is 2. The van der Waals surface area contributed by atoms with Crippen LogP contribution in [0.5, 0.6) is 5.75 Å². The lowest BCUT2D eigenvalue weighted by atomic mass is 10.0. The molecule has 1 aliphatic carbocycles. The average molecular weight is 430 g/mol. The predicted octanol–water partition coefficient (Wildman–Crippen LogP) is 3.89. The van der Waals surface area contributed by atoms with E-state index in [0.29, 0.717) is 25.1 Å². The molecule has 0 saturated heterocycles. The van der Waals surface area contributed by atoms with Crippen LogP contribution in [0.15, 0.2) is 30.5 Å². The molecule has 166 valence electrons. The normalized spacial score (nSPS) is 14.3.